The highest BCUT2D eigenvalue weighted by Crippen LogP contribution is 2.17. The minimum atomic E-state index is -0.540. The van der Waals surface area contributed by atoms with Gasteiger partial charge in [-0.2, -0.15) is 5.10 Å². The molecule has 3 aromatic rings. The zero-order valence-electron chi connectivity index (χ0n) is 16.0. The Kier molecular flexibility index (Phi) is 6.95. The molecule has 0 saturated heterocycles. The van der Waals surface area contributed by atoms with Gasteiger partial charge in [-0.05, 0) is 48.9 Å². The predicted octanol–water partition coefficient (Wildman–Crippen LogP) is 4.36. The first-order valence-corrected chi connectivity index (χ1v) is 9.22. The lowest BCUT2D eigenvalue weighted by Crippen LogP contribution is -2.34. The van der Waals surface area contributed by atoms with Gasteiger partial charge in [0.15, 0.2) is 0 Å². The van der Waals surface area contributed by atoms with E-state index in [-0.39, 0.29) is 11.7 Å². The highest BCUT2D eigenvalue weighted by atomic mass is 19.1. The minimum absolute atomic E-state index is 0.312. The monoisotopic (exact) mass is 391 g/mol. The molecule has 2 N–H and O–H groups in total. The number of halogens is 1. The molecule has 0 radical (unpaired) electrons. The van der Waals surface area contributed by atoms with Gasteiger partial charge in [0.05, 0.1) is 6.21 Å². The topological polar surface area (TPSA) is 62.7 Å². The molecule has 0 unspecified atom stereocenters. The molecule has 1 amide bonds. The van der Waals surface area contributed by atoms with Gasteiger partial charge < -0.3 is 10.1 Å². The number of hydrogen-bond acceptors (Lipinski definition) is 4. The van der Waals surface area contributed by atoms with Gasteiger partial charge >= 0.3 is 0 Å². The molecular weight excluding hydrogens is 369 g/mol. The number of anilines is 1. The van der Waals surface area contributed by atoms with Crippen LogP contribution in [0.2, 0.25) is 0 Å². The Morgan fingerprint density at radius 3 is 2.48 bits per heavy atom. The second-order valence-corrected chi connectivity index (χ2v) is 6.42. The van der Waals surface area contributed by atoms with Crippen molar-refractivity contribution in [2.24, 2.45) is 5.10 Å². The van der Waals surface area contributed by atoms with E-state index in [2.05, 4.69) is 15.8 Å². The molecule has 6 heteroatoms. The molecule has 0 aromatic heterocycles. The van der Waals surface area contributed by atoms with Crippen LogP contribution >= 0.6 is 0 Å². The molecule has 0 aliphatic rings. The average molecular weight is 391 g/mol. The first-order chi connectivity index (χ1) is 14.1. The van der Waals surface area contributed by atoms with Crippen LogP contribution in [0.25, 0.3) is 0 Å². The molecule has 148 valence electrons. The third-order valence-electron chi connectivity index (χ3n) is 4.16. The quantitative estimate of drug-likeness (QED) is 0.443. The number of rotatable bonds is 8. The molecule has 3 rings (SSSR count). The third kappa shape index (κ3) is 6.17. The SMILES string of the molecule is C[C@@H](Nc1ccc(F)cc1)C(=O)N/N=C\c1ccccc1OCc1ccccc1. The summed E-state index contributed by atoms with van der Waals surface area (Å²) in [7, 11) is 0. The number of nitrogens with zero attached hydrogens (tertiary/aromatic N) is 1. The minimum Gasteiger partial charge on any atom is -0.488 e. The van der Waals surface area contributed by atoms with Gasteiger partial charge in [-0.3, -0.25) is 4.79 Å². The Hall–Kier alpha value is -3.67. The summed E-state index contributed by atoms with van der Waals surface area (Å²) in [5.41, 5.74) is 4.97. The normalized spacial score (nSPS) is 11.8. The van der Waals surface area contributed by atoms with Crippen molar-refractivity contribution in [3.63, 3.8) is 0 Å². The molecule has 0 aliphatic heterocycles. The van der Waals surface area contributed by atoms with E-state index in [1.54, 1.807) is 25.3 Å². The number of ether oxygens (including phenoxy) is 1. The summed E-state index contributed by atoms with van der Waals surface area (Å²) >= 11 is 0. The van der Waals surface area contributed by atoms with Gasteiger partial charge in [0, 0.05) is 11.3 Å². The Labute approximate surface area is 169 Å². The molecule has 0 fully saturated rings. The molecular formula is C23H22FN3O2. The van der Waals surface area contributed by atoms with Gasteiger partial charge in [-0.25, -0.2) is 9.82 Å². The maximum absolute atomic E-state index is 13.0. The number of benzene rings is 3. The Morgan fingerprint density at radius 1 is 1.03 bits per heavy atom. The van der Waals surface area contributed by atoms with Crippen LogP contribution in [0, 0.1) is 5.82 Å². The van der Waals surface area contributed by atoms with Gasteiger partial charge in [0.1, 0.15) is 24.2 Å². The van der Waals surface area contributed by atoms with E-state index < -0.39 is 6.04 Å². The number of nitrogens with one attached hydrogen (secondary N) is 2. The molecule has 3 aromatic carbocycles. The highest BCUT2D eigenvalue weighted by molar-refractivity contribution is 5.87. The van der Waals surface area contributed by atoms with Crippen LogP contribution in [0.5, 0.6) is 5.75 Å². The molecule has 1 atom stereocenters. The summed E-state index contributed by atoms with van der Waals surface area (Å²) < 4.78 is 18.8. The number of carbonyl (C=O) groups is 1. The third-order valence-corrected chi connectivity index (χ3v) is 4.16. The van der Waals surface area contributed by atoms with E-state index in [1.807, 2.05) is 54.6 Å². The first kappa shape index (κ1) is 20.1. The standard InChI is InChI=1S/C23H22FN3O2/c1-17(26-21-13-11-20(24)12-14-21)23(28)27-25-15-19-9-5-6-10-22(19)29-16-18-7-3-2-4-8-18/h2-15,17,26H,16H2,1H3,(H,27,28)/b25-15-/t17-/m1/s1. The van der Waals surface area contributed by atoms with Crippen LogP contribution in [0.4, 0.5) is 10.1 Å². The number of hydrazone groups is 1. The van der Waals surface area contributed by atoms with Crippen LogP contribution in [0.1, 0.15) is 18.1 Å². The highest BCUT2D eigenvalue weighted by Gasteiger charge is 2.11. The van der Waals surface area contributed by atoms with Crippen molar-refractivity contribution in [2.45, 2.75) is 19.6 Å². The lowest BCUT2D eigenvalue weighted by molar-refractivity contribution is -0.121. The van der Waals surface area contributed by atoms with E-state index in [9.17, 15) is 9.18 Å². The molecule has 0 saturated carbocycles. The number of carbonyl (C=O) groups excluding carboxylic acids is 1. The van der Waals surface area contributed by atoms with Gasteiger partial charge in [-0.15, -0.1) is 0 Å². The Bertz CT molecular complexity index is 959. The molecule has 0 heterocycles. The Balaban J connectivity index is 1.55. The van der Waals surface area contributed by atoms with Crippen molar-refractivity contribution < 1.29 is 13.9 Å². The largest absolute Gasteiger partial charge is 0.488 e. The molecule has 0 aliphatic carbocycles. The summed E-state index contributed by atoms with van der Waals surface area (Å²) in [5.74, 6) is 0.0329. The van der Waals surface area contributed by atoms with Crippen molar-refractivity contribution in [2.75, 3.05) is 5.32 Å². The van der Waals surface area contributed by atoms with Crippen LogP contribution in [-0.2, 0) is 11.4 Å². The first-order valence-electron chi connectivity index (χ1n) is 9.22. The second-order valence-electron chi connectivity index (χ2n) is 6.42. The van der Waals surface area contributed by atoms with Crippen LogP contribution < -0.4 is 15.5 Å². The van der Waals surface area contributed by atoms with Gasteiger partial charge in [0.25, 0.3) is 5.91 Å². The number of amides is 1. The van der Waals surface area contributed by atoms with Crippen molar-refractivity contribution in [3.8, 4) is 5.75 Å². The Morgan fingerprint density at radius 2 is 1.72 bits per heavy atom. The van der Waals surface area contributed by atoms with E-state index in [0.29, 0.717) is 18.0 Å². The lowest BCUT2D eigenvalue weighted by Gasteiger charge is -2.13. The molecule has 0 bridgehead atoms. The fraction of sp³-hybridized carbons (Fsp3) is 0.130. The maximum atomic E-state index is 13.0. The van der Waals surface area contributed by atoms with Crippen molar-refractivity contribution >= 4 is 17.8 Å². The van der Waals surface area contributed by atoms with Crippen LogP contribution in [0.15, 0.2) is 84.0 Å². The van der Waals surface area contributed by atoms with E-state index in [4.69, 9.17) is 4.74 Å². The summed E-state index contributed by atoms with van der Waals surface area (Å²) in [6.45, 7) is 2.14. The van der Waals surface area contributed by atoms with E-state index in [0.717, 1.165) is 11.1 Å². The summed E-state index contributed by atoms with van der Waals surface area (Å²) in [6.07, 6.45) is 1.54. The lowest BCUT2D eigenvalue weighted by atomic mass is 10.2. The molecule has 0 spiro atoms. The summed E-state index contributed by atoms with van der Waals surface area (Å²) in [5, 5.41) is 7.02. The smallest absolute Gasteiger partial charge is 0.262 e. The van der Waals surface area contributed by atoms with Crippen molar-refractivity contribution in [3.05, 3.63) is 95.8 Å². The summed E-state index contributed by atoms with van der Waals surface area (Å²) in [6, 6.07) is 22.6. The van der Waals surface area contributed by atoms with Crippen LogP contribution in [-0.4, -0.2) is 18.2 Å². The number of hydrogen-bond donors (Lipinski definition) is 2. The fourth-order valence-corrected chi connectivity index (χ4v) is 2.58. The molecule has 29 heavy (non-hydrogen) atoms. The second kappa shape index (κ2) is 10.0. The summed E-state index contributed by atoms with van der Waals surface area (Å²) in [4.78, 5) is 12.2. The van der Waals surface area contributed by atoms with Crippen molar-refractivity contribution in [1.82, 2.24) is 5.43 Å². The molecule has 5 nitrogen and oxygen atoms in total. The maximum Gasteiger partial charge on any atom is 0.262 e. The van der Waals surface area contributed by atoms with Crippen LogP contribution in [0.3, 0.4) is 0 Å². The van der Waals surface area contributed by atoms with Gasteiger partial charge in [-0.1, -0.05) is 42.5 Å². The predicted molar refractivity (Wildman–Crippen MR) is 112 cm³/mol. The van der Waals surface area contributed by atoms with E-state index >= 15 is 0 Å². The number of para-hydroxylation sites is 1. The zero-order chi connectivity index (χ0) is 20.5. The fourth-order valence-electron chi connectivity index (χ4n) is 2.58. The van der Waals surface area contributed by atoms with Crippen molar-refractivity contribution in [1.29, 1.82) is 0 Å². The zero-order valence-corrected chi connectivity index (χ0v) is 16.0. The van der Waals surface area contributed by atoms with Gasteiger partial charge in [0.2, 0.25) is 0 Å². The average Bonchev–Trinajstić information content (AvgIpc) is 2.75. The van der Waals surface area contributed by atoms with E-state index in [1.165, 1.54) is 12.1 Å².